The quantitative estimate of drug-likeness (QED) is 0.284. The minimum Gasteiger partial charge on any atom is -0.455 e. The Morgan fingerprint density at radius 3 is 2.56 bits per heavy atom. The molecule has 0 N–H and O–H groups in total. The summed E-state index contributed by atoms with van der Waals surface area (Å²) in [6.07, 6.45) is 0.725. The Hall–Kier alpha value is -3.16. The monoisotopic (exact) mass is 478 g/mol. The minimum absolute atomic E-state index is 0.0587. The van der Waals surface area contributed by atoms with E-state index in [4.69, 9.17) is 9.15 Å². The molecule has 1 aliphatic heterocycles. The maximum absolute atomic E-state index is 12.6. The van der Waals surface area contributed by atoms with Crippen LogP contribution in [0.2, 0.25) is 0 Å². The van der Waals surface area contributed by atoms with Gasteiger partial charge in [-0.1, -0.05) is 6.07 Å². The molecule has 0 unspecified atom stereocenters. The fraction of sp³-hybridized carbons (Fsp3) is 0.316. The number of non-ortho nitro benzene ring substituents is 1. The van der Waals surface area contributed by atoms with Crippen molar-refractivity contribution in [2.75, 3.05) is 13.1 Å². The lowest BCUT2D eigenvalue weighted by molar-refractivity contribution is -0.384. The first-order chi connectivity index (χ1) is 15.3. The second-order valence-corrected chi connectivity index (χ2v) is 10.1. The summed E-state index contributed by atoms with van der Waals surface area (Å²) in [6, 6.07) is 8.87. The summed E-state index contributed by atoms with van der Waals surface area (Å²) in [7, 11) is -3.53. The maximum Gasteiger partial charge on any atom is 0.309 e. The molecule has 0 atom stereocenters. The van der Waals surface area contributed by atoms with Crippen LogP contribution >= 0.6 is 11.3 Å². The molecule has 1 aliphatic rings. The highest BCUT2D eigenvalue weighted by Gasteiger charge is 2.33. The van der Waals surface area contributed by atoms with Crippen LogP contribution in [0.25, 0.3) is 11.5 Å². The lowest BCUT2D eigenvalue weighted by Gasteiger charge is -2.29. The van der Waals surface area contributed by atoms with Crippen LogP contribution in [0.1, 0.15) is 18.7 Å². The van der Waals surface area contributed by atoms with Crippen LogP contribution < -0.4 is 0 Å². The van der Waals surface area contributed by atoms with Gasteiger partial charge in [-0.05, 0) is 36.4 Å². The number of aromatic nitrogens is 2. The highest BCUT2D eigenvalue weighted by atomic mass is 32.2. The predicted octanol–water partition coefficient (Wildman–Crippen LogP) is 2.85. The van der Waals surface area contributed by atoms with Gasteiger partial charge in [-0.15, -0.1) is 21.5 Å². The number of benzene rings is 1. The van der Waals surface area contributed by atoms with Crippen LogP contribution in [0.5, 0.6) is 0 Å². The Morgan fingerprint density at radius 1 is 1.22 bits per heavy atom. The highest BCUT2D eigenvalue weighted by molar-refractivity contribution is 7.91. The van der Waals surface area contributed by atoms with Crippen molar-refractivity contribution in [1.29, 1.82) is 0 Å². The largest absolute Gasteiger partial charge is 0.455 e. The van der Waals surface area contributed by atoms with E-state index >= 15 is 0 Å². The fourth-order valence-electron chi connectivity index (χ4n) is 3.27. The Balaban J connectivity index is 1.29. The molecule has 0 spiro atoms. The summed E-state index contributed by atoms with van der Waals surface area (Å²) in [4.78, 5) is 22.6. The summed E-state index contributed by atoms with van der Waals surface area (Å²) in [5, 5.41) is 20.1. The molecular formula is C19H18N4O7S2. The zero-order chi connectivity index (χ0) is 22.7. The lowest BCUT2D eigenvalue weighted by atomic mass is 9.98. The van der Waals surface area contributed by atoms with E-state index in [1.807, 2.05) is 0 Å². The summed E-state index contributed by atoms with van der Waals surface area (Å²) in [5.41, 5.74) is 0.441. The van der Waals surface area contributed by atoms with Gasteiger partial charge >= 0.3 is 5.97 Å². The SMILES string of the molecule is O=C(OCc1nnc(-c2ccc([N+](=O)[O-])cc2)o1)C1CCN(S(=O)(=O)c2cccs2)CC1. The number of nitrogens with zero attached hydrogens (tertiary/aromatic N) is 4. The van der Waals surface area contributed by atoms with E-state index in [-0.39, 0.29) is 37.2 Å². The van der Waals surface area contributed by atoms with E-state index in [0.29, 0.717) is 22.6 Å². The number of carbonyl (C=O) groups excluding carboxylic acids is 1. The number of esters is 1. The van der Waals surface area contributed by atoms with Crippen LogP contribution in [0.15, 0.2) is 50.4 Å². The van der Waals surface area contributed by atoms with E-state index in [1.165, 1.54) is 28.6 Å². The van der Waals surface area contributed by atoms with Crippen molar-refractivity contribution >= 4 is 33.0 Å². The number of nitro groups is 1. The molecule has 32 heavy (non-hydrogen) atoms. The van der Waals surface area contributed by atoms with Gasteiger partial charge in [0, 0.05) is 30.8 Å². The van der Waals surface area contributed by atoms with Crippen molar-refractivity contribution in [2.24, 2.45) is 5.92 Å². The molecule has 1 saturated heterocycles. The van der Waals surface area contributed by atoms with Crippen molar-refractivity contribution in [3.8, 4) is 11.5 Å². The molecule has 168 valence electrons. The van der Waals surface area contributed by atoms with Crippen molar-refractivity contribution < 1.29 is 27.3 Å². The predicted molar refractivity (Wildman–Crippen MR) is 112 cm³/mol. The molecule has 1 fully saturated rings. The van der Waals surface area contributed by atoms with Crippen molar-refractivity contribution in [2.45, 2.75) is 23.7 Å². The molecule has 1 aromatic carbocycles. The number of carbonyl (C=O) groups is 1. The zero-order valence-corrected chi connectivity index (χ0v) is 18.3. The van der Waals surface area contributed by atoms with E-state index in [2.05, 4.69) is 10.2 Å². The van der Waals surface area contributed by atoms with Gasteiger partial charge in [0.05, 0.1) is 10.8 Å². The van der Waals surface area contributed by atoms with Crippen LogP contribution in [-0.4, -0.2) is 46.9 Å². The van der Waals surface area contributed by atoms with Crippen LogP contribution in [0.3, 0.4) is 0 Å². The second-order valence-electron chi connectivity index (χ2n) is 7.02. The van der Waals surface area contributed by atoms with Gasteiger partial charge in [0.1, 0.15) is 4.21 Å². The number of hydrogen-bond acceptors (Lipinski definition) is 10. The Morgan fingerprint density at radius 2 is 1.94 bits per heavy atom. The van der Waals surface area contributed by atoms with Crippen molar-refractivity contribution in [3.63, 3.8) is 0 Å². The van der Waals surface area contributed by atoms with Gasteiger partial charge in [-0.2, -0.15) is 4.31 Å². The Bertz CT molecular complexity index is 1200. The molecule has 0 radical (unpaired) electrons. The molecule has 0 saturated carbocycles. The van der Waals surface area contributed by atoms with Gasteiger partial charge in [0.25, 0.3) is 21.6 Å². The van der Waals surface area contributed by atoms with Gasteiger partial charge in [-0.3, -0.25) is 14.9 Å². The van der Waals surface area contributed by atoms with E-state index in [0.717, 1.165) is 11.3 Å². The first-order valence-corrected chi connectivity index (χ1v) is 11.9. The molecule has 11 nitrogen and oxygen atoms in total. The molecule has 4 rings (SSSR count). The average molecular weight is 479 g/mol. The van der Waals surface area contributed by atoms with Crippen LogP contribution in [0.4, 0.5) is 5.69 Å². The lowest BCUT2D eigenvalue weighted by Crippen LogP contribution is -2.40. The summed E-state index contributed by atoms with van der Waals surface area (Å²) >= 11 is 1.16. The number of hydrogen-bond donors (Lipinski definition) is 0. The van der Waals surface area contributed by atoms with E-state index in [1.54, 1.807) is 17.5 Å². The number of nitro benzene ring substituents is 1. The third-order valence-electron chi connectivity index (χ3n) is 5.01. The maximum atomic E-state index is 12.6. The molecular weight excluding hydrogens is 460 g/mol. The van der Waals surface area contributed by atoms with Crippen LogP contribution in [0, 0.1) is 16.0 Å². The van der Waals surface area contributed by atoms with Gasteiger partial charge in [-0.25, -0.2) is 8.42 Å². The van der Waals surface area contributed by atoms with E-state index < -0.39 is 26.8 Å². The fourth-order valence-corrected chi connectivity index (χ4v) is 5.89. The smallest absolute Gasteiger partial charge is 0.309 e. The molecule has 0 amide bonds. The molecule has 13 heteroatoms. The van der Waals surface area contributed by atoms with Crippen LogP contribution in [-0.2, 0) is 26.2 Å². The highest BCUT2D eigenvalue weighted by Crippen LogP contribution is 2.27. The topological polar surface area (TPSA) is 146 Å². The average Bonchev–Trinajstić information content (AvgIpc) is 3.50. The van der Waals surface area contributed by atoms with Crippen molar-refractivity contribution in [1.82, 2.24) is 14.5 Å². The summed E-state index contributed by atoms with van der Waals surface area (Å²) in [5.74, 6) is -0.627. The Labute approximate surface area is 186 Å². The summed E-state index contributed by atoms with van der Waals surface area (Å²) < 4.78 is 37.5. The normalized spacial score (nSPS) is 15.5. The zero-order valence-electron chi connectivity index (χ0n) is 16.6. The number of thiophene rings is 1. The first kappa shape index (κ1) is 22.0. The molecule has 2 aromatic heterocycles. The third kappa shape index (κ3) is 4.69. The summed E-state index contributed by atoms with van der Waals surface area (Å²) in [6.45, 7) is 0.266. The standard InChI is InChI=1S/C19H18N4O7S2/c24-19(14-7-9-22(10-8-14)32(27,28)17-2-1-11-31-17)29-12-16-20-21-18(30-16)13-3-5-15(6-4-13)23(25)26/h1-6,11,14H,7-10,12H2. The molecule has 3 aromatic rings. The molecule has 0 aliphatic carbocycles. The van der Waals surface area contributed by atoms with Crippen molar-refractivity contribution in [3.05, 3.63) is 57.8 Å². The second kappa shape index (κ2) is 9.14. The van der Waals surface area contributed by atoms with Gasteiger partial charge in [0.15, 0.2) is 6.61 Å². The Kier molecular flexibility index (Phi) is 6.30. The number of piperidine rings is 1. The minimum atomic E-state index is -3.53. The number of rotatable bonds is 7. The van der Waals surface area contributed by atoms with Gasteiger partial charge < -0.3 is 9.15 Å². The van der Waals surface area contributed by atoms with Gasteiger partial charge in [0.2, 0.25) is 5.89 Å². The molecule has 0 bridgehead atoms. The first-order valence-electron chi connectivity index (χ1n) is 9.62. The third-order valence-corrected chi connectivity index (χ3v) is 8.28. The number of ether oxygens (including phenoxy) is 1. The molecule has 3 heterocycles. The van der Waals surface area contributed by atoms with E-state index in [9.17, 15) is 23.3 Å². The number of sulfonamides is 1.